The summed E-state index contributed by atoms with van der Waals surface area (Å²) in [7, 11) is 0. The average Bonchev–Trinajstić information content (AvgIpc) is 2.03. The van der Waals surface area contributed by atoms with E-state index in [1.54, 1.807) is 0 Å². The predicted octanol–water partition coefficient (Wildman–Crippen LogP) is -2.41. The molecule has 68 valence electrons. The minimum Gasteiger partial charge on any atom is -0.329 e. The third kappa shape index (κ3) is 9.80. The van der Waals surface area contributed by atoms with Crippen LogP contribution in [0.5, 0.6) is 0 Å². The summed E-state index contributed by atoms with van der Waals surface area (Å²) < 4.78 is 0. The molecule has 0 aliphatic rings. The molecule has 0 amide bonds. The fourth-order valence-corrected chi connectivity index (χ4v) is 0.620. The van der Waals surface area contributed by atoms with Gasteiger partial charge in [-0.2, -0.15) is 0 Å². The van der Waals surface area contributed by atoms with Gasteiger partial charge in [-0.1, -0.05) is 0 Å². The van der Waals surface area contributed by atoms with Gasteiger partial charge in [0.15, 0.2) is 0 Å². The van der Waals surface area contributed by atoms with Crippen LogP contribution in [0, 0.1) is 0 Å². The Morgan fingerprint density at radius 3 is 1.55 bits per heavy atom. The molecule has 0 aromatic heterocycles. The first-order valence-electron chi connectivity index (χ1n) is 3.94. The molecule has 0 unspecified atom stereocenters. The smallest absolute Gasteiger partial charge is 0.0465 e. The van der Waals surface area contributed by atoms with E-state index in [1.165, 1.54) is 0 Å². The van der Waals surface area contributed by atoms with Crippen molar-refractivity contribution in [3.05, 3.63) is 0 Å². The first-order valence-corrected chi connectivity index (χ1v) is 3.94. The van der Waals surface area contributed by atoms with Gasteiger partial charge in [0.05, 0.1) is 0 Å². The van der Waals surface area contributed by atoms with Crippen molar-refractivity contribution in [1.29, 1.82) is 0 Å². The van der Waals surface area contributed by atoms with Crippen molar-refractivity contribution in [2.45, 2.75) is 0 Å². The molecule has 0 aliphatic carbocycles. The van der Waals surface area contributed by atoms with E-state index in [4.69, 9.17) is 11.5 Å². The lowest BCUT2D eigenvalue weighted by atomic mass is 10.6. The fourth-order valence-electron chi connectivity index (χ4n) is 0.620. The molecule has 5 nitrogen and oxygen atoms in total. The lowest BCUT2D eigenvalue weighted by Crippen LogP contribution is -2.39. The van der Waals surface area contributed by atoms with Gasteiger partial charge in [0, 0.05) is 39.5 Å². The SMILES string of the molecule is NCCNCNCNCCN. The minimum absolute atomic E-state index is 0.678. The van der Waals surface area contributed by atoms with E-state index in [-0.39, 0.29) is 0 Å². The summed E-state index contributed by atoms with van der Waals surface area (Å²) >= 11 is 0. The van der Waals surface area contributed by atoms with Crippen LogP contribution >= 0.6 is 0 Å². The van der Waals surface area contributed by atoms with Gasteiger partial charge in [-0.15, -0.1) is 0 Å². The predicted molar refractivity (Wildman–Crippen MR) is 47.0 cm³/mol. The van der Waals surface area contributed by atoms with Crippen LogP contribution in [0.2, 0.25) is 0 Å². The fraction of sp³-hybridized carbons (Fsp3) is 1.00. The third-order valence-corrected chi connectivity index (χ3v) is 1.14. The topological polar surface area (TPSA) is 88.1 Å². The molecular formula is C6H19N5. The van der Waals surface area contributed by atoms with Crippen molar-refractivity contribution in [3.8, 4) is 0 Å². The molecule has 0 aromatic carbocycles. The molecule has 0 saturated carbocycles. The highest BCUT2D eigenvalue weighted by molar-refractivity contribution is 4.47. The largest absolute Gasteiger partial charge is 0.329 e. The van der Waals surface area contributed by atoms with Crippen LogP contribution in [0.25, 0.3) is 0 Å². The monoisotopic (exact) mass is 161 g/mol. The molecule has 5 heteroatoms. The lowest BCUT2D eigenvalue weighted by Gasteiger charge is -2.05. The zero-order valence-corrected chi connectivity index (χ0v) is 6.90. The number of rotatable bonds is 8. The van der Waals surface area contributed by atoms with E-state index in [0.717, 1.165) is 26.4 Å². The normalized spacial score (nSPS) is 10.4. The van der Waals surface area contributed by atoms with Crippen LogP contribution in [-0.4, -0.2) is 39.5 Å². The Bertz CT molecular complexity index is 60.0. The molecule has 0 aromatic rings. The molecule has 0 bridgehead atoms. The van der Waals surface area contributed by atoms with E-state index in [0.29, 0.717) is 13.1 Å². The van der Waals surface area contributed by atoms with E-state index >= 15 is 0 Å². The number of nitrogens with one attached hydrogen (secondary N) is 3. The average molecular weight is 161 g/mol. The highest BCUT2D eigenvalue weighted by Crippen LogP contribution is 1.53. The third-order valence-electron chi connectivity index (χ3n) is 1.14. The zero-order valence-electron chi connectivity index (χ0n) is 6.90. The molecule has 7 N–H and O–H groups in total. The van der Waals surface area contributed by atoms with Gasteiger partial charge >= 0.3 is 0 Å². The van der Waals surface area contributed by atoms with Gasteiger partial charge in [-0.3, -0.25) is 5.32 Å². The summed E-state index contributed by atoms with van der Waals surface area (Å²) in [6.45, 7) is 4.63. The molecule has 0 atom stereocenters. The van der Waals surface area contributed by atoms with Crippen molar-refractivity contribution in [1.82, 2.24) is 16.0 Å². The Labute approximate surface area is 67.9 Å². The Balaban J connectivity index is 2.69. The second-order valence-electron chi connectivity index (χ2n) is 2.18. The molecular weight excluding hydrogens is 142 g/mol. The molecule has 11 heavy (non-hydrogen) atoms. The summed E-state index contributed by atoms with van der Waals surface area (Å²) in [6, 6.07) is 0. The first kappa shape index (κ1) is 10.8. The van der Waals surface area contributed by atoms with Gasteiger partial charge in [0.2, 0.25) is 0 Å². The summed E-state index contributed by atoms with van der Waals surface area (Å²) in [5.74, 6) is 0. The van der Waals surface area contributed by atoms with E-state index < -0.39 is 0 Å². The molecule has 0 heterocycles. The summed E-state index contributed by atoms with van der Waals surface area (Å²) in [5.41, 5.74) is 10.5. The van der Waals surface area contributed by atoms with Crippen LogP contribution < -0.4 is 27.4 Å². The first-order chi connectivity index (χ1) is 5.41. The molecule has 0 aliphatic heterocycles. The van der Waals surface area contributed by atoms with Gasteiger partial charge < -0.3 is 22.1 Å². The molecule has 0 saturated heterocycles. The van der Waals surface area contributed by atoms with Crippen LogP contribution in [0.4, 0.5) is 0 Å². The standard InChI is InChI=1S/C6H19N5/c7-1-3-9-5-11-6-10-4-2-8/h9-11H,1-8H2. The summed E-state index contributed by atoms with van der Waals surface area (Å²) in [6.07, 6.45) is 0. The van der Waals surface area contributed by atoms with E-state index in [2.05, 4.69) is 16.0 Å². The zero-order chi connectivity index (χ0) is 8.36. The lowest BCUT2D eigenvalue weighted by molar-refractivity contribution is 0.540. The quantitative estimate of drug-likeness (QED) is 0.202. The Kier molecular flexibility index (Phi) is 9.62. The van der Waals surface area contributed by atoms with Crippen LogP contribution in [-0.2, 0) is 0 Å². The Morgan fingerprint density at radius 2 is 1.18 bits per heavy atom. The van der Waals surface area contributed by atoms with E-state index in [1.807, 2.05) is 0 Å². The second kappa shape index (κ2) is 9.80. The highest BCUT2D eigenvalue weighted by atomic mass is 15.1. The molecule has 0 fully saturated rings. The van der Waals surface area contributed by atoms with Crippen molar-refractivity contribution in [2.24, 2.45) is 11.5 Å². The van der Waals surface area contributed by atoms with Crippen LogP contribution in [0.1, 0.15) is 0 Å². The molecule has 0 spiro atoms. The summed E-state index contributed by atoms with van der Waals surface area (Å²) in [5, 5.41) is 9.33. The maximum Gasteiger partial charge on any atom is 0.0465 e. The number of hydrogen-bond donors (Lipinski definition) is 5. The van der Waals surface area contributed by atoms with Crippen LogP contribution in [0.15, 0.2) is 0 Å². The Morgan fingerprint density at radius 1 is 0.727 bits per heavy atom. The molecule has 0 rings (SSSR count). The number of nitrogens with two attached hydrogens (primary N) is 2. The van der Waals surface area contributed by atoms with Crippen molar-refractivity contribution < 1.29 is 0 Å². The van der Waals surface area contributed by atoms with Gasteiger partial charge in [0.25, 0.3) is 0 Å². The number of hydrogen-bond acceptors (Lipinski definition) is 5. The maximum absolute atomic E-state index is 5.27. The van der Waals surface area contributed by atoms with Crippen molar-refractivity contribution >= 4 is 0 Å². The minimum atomic E-state index is 0.678. The van der Waals surface area contributed by atoms with Crippen molar-refractivity contribution in [2.75, 3.05) is 39.5 Å². The summed E-state index contributed by atoms with van der Waals surface area (Å²) in [4.78, 5) is 0. The van der Waals surface area contributed by atoms with Gasteiger partial charge in [-0.05, 0) is 0 Å². The highest BCUT2D eigenvalue weighted by Gasteiger charge is 1.83. The Hall–Kier alpha value is -0.200. The van der Waals surface area contributed by atoms with Gasteiger partial charge in [0.1, 0.15) is 0 Å². The van der Waals surface area contributed by atoms with E-state index in [9.17, 15) is 0 Å². The van der Waals surface area contributed by atoms with Gasteiger partial charge in [-0.25, -0.2) is 0 Å². The second-order valence-corrected chi connectivity index (χ2v) is 2.18. The maximum atomic E-state index is 5.27. The molecule has 0 radical (unpaired) electrons. The van der Waals surface area contributed by atoms with Crippen LogP contribution in [0.3, 0.4) is 0 Å². The van der Waals surface area contributed by atoms with Crippen molar-refractivity contribution in [3.63, 3.8) is 0 Å².